The van der Waals surface area contributed by atoms with Crippen molar-refractivity contribution in [3.63, 3.8) is 0 Å². The van der Waals surface area contributed by atoms with Gasteiger partial charge in [0.2, 0.25) is 5.09 Å². The summed E-state index contributed by atoms with van der Waals surface area (Å²) in [5.74, 6) is 0. The third-order valence-electron chi connectivity index (χ3n) is 0.971. The summed E-state index contributed by atoms with van der Waals surface area (Å²) in [5.41, 5.74) is 0. The first-order valence-corrected chi connectivity index (χ1v) is 4.18. The SMILES string of the molecule is NS(=O)(=O)C1=CC=CCO1. The summed E-state index contributed by atoms with van der Waals surface area (Å²) in [4.78, 5) is 0. The van der Waals surface area contributed by atoms with Crippen molar-refractivity contribution in [3.8, 4) is 0 Å². The number of hydrogen-bond donors (Lipinski definition) is 1. The number of hydrogen-bond acceptors (Lipinski definition) is 3. The molecule has 1 aliphatic rings. The molecule has 0 bridgehead atoms. The maximum absolute atomic E-state index is 10.5. The standard InChI is InChI=1S/C5H7NO3S/c6-10(7,8)5-3-1-2-4-9-5/h1-3H,4H2,(H2,6,7,8). The fourth-order valence-electron chi connectivity index (χ4n) is 0.557. The quantitative estimate of drug-likeness (QED) is 0.574. The second-order valence-electron chi connectivity index (χ2n) is 1.77. The third kappa shape index (κ3) is 1.58. The van der Waals surface area contributed by atoms with Crippen LogP contribution in [0.4, 0.5) is 0 Å². The van der Waals surface area contributed by atoms with E-state index >= 15 is 0 Å². The monoisotopic (exact) mass is 161 g/mol. The van der Waals surface area contributed by atoms with Gasteiger partial charge in [-0.25, -0.2) is 13.6 Å². The van der Waals surface area contributed by atoms with Crippen LogP contribution >= 0.6 is 0 Å². The second-order valence-corrected chi connectivity index (χ2v) is 3.26. The summed E-state index contributed by atoms with van der Waals surface area (Å²) < 4.78 is 25.8. The van der Waals surface area contributed by atoms with Crippen molar-refractivity contribution in [2.75, 3.05) is 6.61 Å². The van der Waals surface area contributed by atoms with Crippen LogP contribution in [-0.4, -0.2) is 15.0 Å². The lowest BCUT2D eigenvalue weighted by atomic mass is 10.4. The van der Waals surface area contributed by atoms with E-state index < -0.39 is 10.0 Å². The highest BCUT2D eigenvalue weighted by Crippen LogP contribution is 2.07. The molecule has 0 aliphatic carbocycles. The van der Waals surface area contributed by atoms with Crippen LogP contribution in [0.1, 0.15) is 0 Å². The summed E-state index contributed by atoms with van der Waals surface area (Å²) in [5, 5.41) is 4.58. The number of nitrogens with two attached hydrogens (primary N) is 1. The van der Waals surface area contributed by atoms with Crippen molar-refractivity contribution in [1.29, 1.82) is 0 Å². The van der Waals surface area contributed by atoms with Crippen LogP contribution in [0.15, 0.2) is 23.3 Å². The molecular weight excluding hydrogens is 154 g/mol. The average Bonchev–Trinajstić information content (AvgIpc) is 1.88. The highest BCUT2D eigenvalue weighted by Gasteiger charge is 2.13. The Morgan fingerprint density at radius 2 is 2.30 bits per heavy atom. The van der Waals surface area contributed by atoms with Crippen molar-refractivity contribution in [2.45, 2.75) is 0 Å². The Labute approximate surface area is 59.0 Å². The Bertz CT molecular complexity index is 275. The van der Waals surface area contributed by atoms with Crippen LogP contribution in [0.25, 0.3) is 0 Å². The van der Waals surface area contributed by atoms with Gasteiger partial charge < -0.3 is 4.74 Å². The van der Waals surface area contributed by atoms with Gasteiger partial charge in [0.05, 0.1) is 0 Å². The first-order chi connectivity index (χ1) is 4.61. The molecule has 0 saturated heterocycles. The van der Waals surface area contributed by atoms with Gasteiger partial charge >= 0.3 is 0 Å². The summed E-state index contributed by atoms with van der Waals surface area (Å²) in [6, 6.07) is 0. The molecule has 0 saturated carbocycles. The molecule has 1 heterocycles. The fraction of sp³-hybridized carbons (Fsp3) is 0.200. The lowest BCUT2D eigenvalue weighted by Crippen LogP contribution is -2.17. The minimum Gasteiger partial charge on any atom is -0.478 e. The molecule has 0 amide bonds. The van der Waals surface area contributed by atoms with E-state index in [0.29, 0.717) is 0 Å². The minimum atomic E-state index is -3.64. The highest BCUT2D eigenvalue weighted by atomic mass is 32.2. The molecule has 0 spiro atoms. The van der Waals surface area contributed by atoms with E-state index in [1.165, 1.54) is 6.08 Å². The van der Waals surface area contributed by atoms with E-state index in [0.717, 1.165) is 0 Å². The Kier molecular flexibility index (Phi) is 1.78. The van der Waals surface area contributed by atoms with Crippen molar-refractivity contribution < 1.29 is 13.2 Å². The molecular formula is C5H7NO3S. The molecule has 0 unspecified atom stereocenters. The van der Waals surface area contributed by atoms with Gasteiger partial charge in [-0.15, -0.1) is 0 Å². The van der Waals surface area contributed by atoms with Crippen LogP contribution in [0.3, 0.4) is 0 Å². The number of rotatable bonds is 1. The number of primary sulfonamides is 1. The Morgan fingerprint density at radius 1 is 1.60 bits per heavy atom. The summed E-state index contributed by atoms with van der Waals surface area (Å²) >= 11 is 0. The zero-order valence-corrected chi connectivity index (χ0v) is 5.97. The minimum absolute atomic E-state index is 0.171. The average molecular weight is 161 g/mol. The molecule has 0 aromatic carbocycles. The number of allylic oxidation sites excluding steroid dienone is 2. The third-order valence-corrected chi connectivity index (χ3v) is 1.79. The lowest BCUT2D eigenvalue weighted by molar-refractivity contribution is 0.267. The van der Waals surface area contributed by atoms with Crippen LogP contribution < -0.4 is 5.14 Å². The smallest absolute Gasteiger partial charge is 0.270 e. The molecule has 2 N–H and O–H groups in total. The zero-order chi connectivity index (χ0) is 7.61. The molecule has 0 aromatic rings. The first kappa shape index (κ1) is 7.30. The Morgan fingerprint density at radius 3 is 2.60 bits per heavy atom. The van der Waals surface area contributed by atoms with Crippen LogP contribution in [0.2, 0.25) is 0 Å². The maximum Gasteiger partial charge on any atom is 0.270 e. The van der Waals surface area contributed by atoms with Gasteiger partial charge in [0.25, 0.3) is 10.0 Å². The summed E-state index contributed by atoms with van der Waals surface area (Å²) in [7, 11) is -3.64. The molecule has 56 valence electrons. The topological polar surface area (TPSA) is 69.4 Å². The molecule has 0 atom stereocenters. The van der Waals surface area contributed by atoms with Gasteiger partial charge in [-0.05, 0) is 12.2 Å². The van der Waals surface area contributed by atoms with Crippen LogP contribution in [0, 0.1) is 0 Å². The van der Waals surface area contributed by atoms with Gasteiger partial charge in [0.15, 0.2) is 0 Å². The predicted octanol–water partition coefficient (Wildman–Crippen LogP) is -0.297. The highest BCUT2D eigenvalue weighted by molar-refractivity contribution is 7.92. The first-order valence-electron chi connectivity index (χ1n) is 2.63. The molecule has 1 aliphatic heterocycles. The van der Waals surface area contributed by atoms with Crippen molar-refractivity contribution in [1.82, 2.24) is 0 Å². The predicted molar refractivity (Wildman–Crippen MR) is 36.3 cm³/mol. The van der Waals surface area contributed by atoms with E-state index in [-0.39, 0.29) is 11.7 Å². The van der Waals surface area contributed by atoms with Crippen LogP contribution in [-0.2, 0) is 14.8 Å². The summed E-state index contributed by atoms with van der Waals surface area (Å²) in [6.45, 7) is 0.266. The normalized spacial score (nSPS) is 17.9. The van der Waals surface area contributed by atoms with E-state index in [4.69, 9.17) is 9.88 Å². The number of sulfonamides is 1. The Hall–Kier alpha value is -0.810. The molecule has 0 aromatic heterocycles. The molecule has 5 heteroatoms. The molecule has 0 radical (unpaired) electrons. The van der Waals surface area contributed by atoms with E-state index in [1.54, 1.807) is 12.2 Å². The van der Waals surface area contributed by atoms with Crippen molar-refractivity contribution in [2.24, 2.45) is 5.14 Å². The van der Waals surface area contributed by atoms with E-state index in [9.17, 15) is 8.42 Å². The lowest BCUT2D eigenvalue weighted by Gasteiger charge is -2.07. The zero-order valence-electron chi connectivity index (χ0n) is 5.15. The molecule has 10 heavy (non-hydrogen) atoms. The van der Waals surface area contributed by atoms with Gasteiger partial charge in [0.1, 0.15) is 6.61 Å². The second kappa shape index (κ2) is 2.43. The van der Waals surface area contributed by atoms with Gasteiger partial charge in [-0.1, -0.05) is 6.08 Å². The molecule has 1 rings (SSSR count). The van der Waals surface area contributed by atoms with Crippen LogP contribution in [0.5, 0.6) is 0 Å². The van der Waals surface area contributed by atoms with Crippen molar-refractivity contribution in [3.05, 3.63) is 23.3 Å². The Balaban J connectivity index is 2.93. The summed E-state index contributed by atoms with van der Waals surface area (Å²) in [6.07, 6.45) is 4.59. The van der Waals surface area contributed by atoms with Gasteiger partial charge in [0, 0.05) is 0 Å². The van der Waals surface area contributed by atoms with Crippen molar-refractivity contribution >= 4 is 10.0 Å². The molecule has 0 fully saturated rings. The molecule has 4 nitrogen and oxygen atoms in total. The number of ether oxygens (including phenoxy) is 1. The van der Waals surface area contributed by atoms with Gasteiger partial charge in [-0.2, -0.15) is 0 Å². The maximum atomic E-state index is 10.5. The largest absolute Gasteiger partial charge is 0.478 e. The fourth-order valence-corrected chi connectivity index (χ4v) is 1.06. The van der Waals surface area contributed by atoms with E-state index in [1.807, 2.05) is 0 Å². The van der Waals surface area contributed by atoms with E-state index in [2.05, 4.69) is 0 Å². The van der Waals surface area contributed by atoms with Gasteiger partial charge in [-0.3, -0.25) is 0 Å².